The molecule has 1 aromatic carbocycles. The van der Waals surface area contributed by atoms with Crippen molar-refractivity contribution >= 4 is 44.6 Å². The maximum Gasteiger partial charge on any atom is 0.133 e. The van der Waals surface area contributed by atoms with Gasteiger partial charge < -0.3 is 5.11 Å². The molecular weight excluding hydrogens is 215 g/mol. The fraction of sp³-hybridized carbons (Fsp3) is 0. The molecule has 0 atom stereocenters. The summed E-state index contributed by atoms with van der Waals surface area (Å²) in [5, 5.41) is 13.1. The van der Waals surface area contributed by atoms with Crippen molar-refractivity contribution in [3.8, 4) is 5.75 Å². The zero-order valence-corrected chi connectivity index (χ0v) is 8.17. The number of rotatable bonds is 0. The molecule has 0 aliphatic rings. The summed E-state index contributed by atoms with van der Waals surface area (Å²) in [7, 11) is 0. The smallest absolute Gasteiger partial charge is 0.133 e. The van der Waals surface area contributed by atoms with E-state index in [-0.39, 0.29) is 5.75 Å². The van der Waals surface area contributed by atoms with Gasteiger partial charge in [0.1, 0.15) is 5.75 Å². The Kier molecular flexibility index (Phi) is 1.91. The molecule has 0 saturated carbocycles. The molecule has 1 aromatic heterocycles. The van der Waals surface area contributed by atoms with E-state index in [1.807, 2.05) is 0 Å². The van der Waals surface area contributed by atoms with Gasteiger partial charge in [0.05, 0.1) is 14.7 Å². The summed E-state index contributed by atoms with van der Waals surface area (Å²) in [5.74, 6) is 0.228. The van der Waals surface area contributed by atoms with E-state index in [1.54, 1.807) is 17.5 Å². The first-order valence-electron chi connectivity index (χ1n) is 3.24. The van der Waals surface area contributed by atoms with Gasteiger partial charge in [-0.25, -0.2) is 0 Å². The summed E-state index contributed by atoms with van der Waals surface area (Å²) in [6, 6.07) is 3.20. The van der Waals surface area contributed by atoms with Gasteiger partial charge in [0.25, 0.3) is 0 Å². The Balaban J connectivity index is 2.98. The molecule has 0 bridgehead atoms. The Hall–Kier alpha value is -0.440. The zero-order valence-electron chi connectivity index (χ0n) is 5.84. The van der Waals surface area contributed by atoms with E-state index < -0.39 is 0 Å². The molecule has 1 heterocycles. The van der Waals surface area contributed by atoms with Crippen molar-refractivity contribution in [2.75, 3.05) is 0 Å². The molecule has 0 radical (unpaired) electrons. The molecule has 4 heteroatoms. The molecule has 0 spiro atoms. The van der Waals surface area contributed by atoms with Crippen LogP contribution in [-0.2, 0) is 0 Å². The van der Waals surface area contributed by atoms with Crippen molar-refractivity contribution in [1.82, 2.24) is 0 Å². The molecule has 0 aliphatic carbocycles. The summed E-state index contributed by atoms with van der Waals surface area (Å²) in [6.45, 7) is 0. The van der Waals surface area contributed by atoms with Crippen LogP contribution in [0, 0.1) is 0 Å². The number of halogens is 2. The van der Waals surface area contributed by atoms with E-state index in [2.05, 4.69) is 0 Å². The lowest BCUT2D eigenvalue weighted by atomic mass is 10.2. The lowest BCUT2D eigenvalue weighted by Gasteiger charge is -1.96. The first kappa shape index (κ1) is 8.17. The molecule has 0 aliphatic heterocycles. The fourth-order valence-corrected chi connectivity index (χ4v) is 2.67. The number of benzene rings is 1. The molecule has 62 valence electrons. The van der Waals surface area contributed by atoms with E-state index in [9.17, 15) is 5.11 Å². The Bertz CT molecular complexity index is 436. The Morgan fingerprint density at radius 3 is 2.58 bits per heavy atom. The Morgan fingerprint density at radius 1 is 1.17 bits per heavy atom. The number of aromatic hydroxyl groups is 1. The molecule has 2 rings (SSSR count). The van der Waals surface area contributed by atoms with Crippen molar-refractivity contribution < 1.29 is 5.11 Å². The molecule has 1 N–H and O–H groups in total. The number of fused-ring (bicyclic) bond motifs is 1. The lowest BCUT2D eigenvalue weighted by Crippen LogP contribution is -1.68. The quantitative estimate of drug-likeness (QED) is 0.711. The van der Waals surface area contributed by atoms with Gasteiger partial charge in [-0.2, -0.15) is 0 Å². The Morgan fingerprint density at radius 2 is 1.92 bits per heavy atom. The summed E-state index contributed by atoms with van der Waals surface area (Å²) in [6.07, 6.45) is 0. The van der Waals surface area contributed by atoms with Gasteiger partial charge in [-0.05, 0) is 12.1 Å². The largest absolute Gasteiger partial charge is 0.506 e. The van der Waals surface area contributed by atoms with Crippen molar-refractivity contribution in [2.45, 2.75) is 0 Å². The first-order valence-corrected chi connectivity index (χ1v) is 4.88. The fourth-order valence-electron chi connectivity index (χ4n) is 1.06. The highest BCUT2D eigenvalue weighted by atomic mass is 35.5. The second-order valence-corrected chi connectivity index (χ2v) is 4.05. The van der Waals surface area contributed by atoms with Crippen molar-refractivity contribution in [1.29, 1.82) is 0 Å². The predicted molar refractivity (Wildman–Crippen MR) is 53.5 cm³/mol. The van der Waals surface area contributed by atoms with Crippen LogP contribution in [0.25, 0.3) is 10.1 Å². The minimum Gasteiger partial charge on any atom is -0.506 e. The van der Waals surface area contributed by atoms with Gasteiger partial charge in [-0.3, -0.25) is 0 Å². The highest BCUT2D eigenvalue weighted by Crippen LogP contribution is 2.39. The van der Waals surface area contributed by atoms with Gasteiger partial charge >= 0.3 is 0 Å². The molecule has 0 fully saturated rings. The number of hydrogen-bond donors (Lipinski definition) is 1. The number of thiophene rings is 1. The average molecular weight is 219 g/mol. The van der Waals surface area contributed by atoms with Gasteiger partial charge in [0, 0.05) is 10.8 Å². The molecular formula is C8H4Cl2OS. The van der Waals surface area contributed by atoms with Crippen LogP contribution in [0.2, 0.25) is 10.0 Å². The van der Waals surface area contributed by atoms with E-state index in [0.29, 0.717) is 10.0 Å². The topological polar surface area (TPSA) is 20.2 Å². The summed E-state index contributed by atoms with van der Waals surface area (Å²) in [4.78, 5) is 0. The first-order chi connectivity index (χ1) is 5.70. The second kappa shape index (κ2) is 2.80. The van der Waals surface area contributed by atoms with E-state index in [0.717, 1.165) is 10.1 Å². The predicted octanol–water partition coefficient (Wildman–Crippen LogP) is 3.91. The van der Waals surface area contributed by atoms with Crippen LogP contribution in [0.3, 0.4) is 0 Å². The average Bonchev–Trinajstić information content (AvgIpc) is 2.42. The summed E-state index contributed by atoms with van der Waals surface area (Å²) in [5.41, 5.74) is 0. The molecule has 0 amide bonds. The minimum absolute atomic E-state index is 0.228. The van der Waals surface area contributed by atoms with Crippen molar-refractivity contribution in [3.63, 3.8) is 0 Å². The maximum atomic E-state index is 9.40. The van der Waals surface area contributed by atoms with Gasteiger partial charge in [-0.1, -0.05) is 23.2 Å². The van der Waals surface area contributed by atoms with Crippen LogP contribution in [0.15, 0.2) is 17.5 Å². The normalized spacial score (nSPS) is 10.8. The number of hydrogen-bond acceptors (Lipinski definition) is 2. The second-order valence-electron chi connectivity index (χ2n) is 2.35. The monoisotopic (exact) mass is 218 g/mol. The number of phenols is 1. The lowest BCUT2D eigenvalue weighted by molar-refractivity contribution is 0.482. The van der Waals surface area contributed by atoms with Crippen LogP contribution in [0.1, 0.15) is 0 Å². The molecule has 0 saturated heterocycles. The third kappa shape index (κ3) is 1.07. The SMILES string of the molecule is Oc1ccc(Cl)c2c(Cl)csc12. The summed E-state index contributed by atoms with van der Waals surface area (Å²) < 4.78 is 0.743. The highest BCUT2D eigenvalue weighted by molar-refractivity contribution is 7.18. The number of phenolic OH excluding ortho intramolecular Hbond substituents is 1. The van der Waals surface area contributed by atoms with E-state index in [1.165, 1.54) is 11.3 Å². The van der Waals surface area contributed by atoms with Crippen LogP contribution in [0.4, 0.5) is 0 Å². The van der Waals surface area contributed by atoms with Gasteiger partial charge in [-0.15, -0.1) is 11.3 Å². The van der Waals surface area contributed by atoms with Crippen LogP contribution in [0.5, 0.6) is 5.75 Å². The third-order valence-electron chi connectivity index (χ3n) is 1.61. The standard InChI is InChI=1S/C8H4Cl2OS/c9-4-1-2-6(11)8-7(4)5(10)3-12-8/h1-3,11H. The minimum atomic E-state index is 0.228. The molecule has 12 heavy (non-hydrogen) atoms. The molecule has 0 unspecified atom stereocenters. The zero-order chi connectivity index (χ0) is 8.72. The van der Waals surface area contributed by atoms with Crippen molar-refractivity contribution in [2.24, 2.45) is 0 Å². The molecule has 2 aromatic rings. The third-order valence-corrected chi connectivity index (χ3v) is 3.35. The maximum absolute atomic E-state index is 9.40. The molecule has 1 nitrogen and oxygen atoms in total. The van der Waals surface area contributed by atoms with Crippen LogP contribution >= 0.6 is 34.5 Å². The highest BCUT2D eigenvalue weighted by Gasteiger charge is 2.09. The van der Waals surface area contributed by atoms with Gasteiger partial charge in [0.2, 0.25) is 0 Å². The Labute approximate surface area is 83.2 Å². The van der Waals surface area contributed by atoms with Crippen LogP contribution in [-0.4, -0.2) is 5.11 Å². The van der Waals surface area contributed by atoms with Gasteiger partial charge in [0.15, 0.2) is 0 Å². The van der Waals surface area contributed by atoms with E-state index >= 15 is 0 Å². The van der Waals surface area contributed by atoms with Crippen LogP contribution < -0.4 is 0 Å². The summed E-state index contributed by atoms with van der Waals surface area (Å²) >= 11 is 13.1. The van der Waals surface area contributed by atoms with E-state index in [4.69, 9.17) is 23.2 Å². The van der Waals surface area contributed by atoms with Crippen molar-refractivity contribution in [3.05, 3.63) is 27.6 Å².